The number of rotatable bonds is 4. The second kappa shape index (κ2) is 5.80. The molecule has 1 aromatic carbocycles. The van der Waals surface area contributed by atoms with Crippen molar-refractivity contribution in [3.05, 3.63) is 33.8 Å². The topological polar surface area (TPSA) is 32.3 Å². The van der Waals surface area contributed by atoms with Crippen molar-refractivity contribution in [2.75, 3.05) is 13.2 Å². The van der Waals surface area contributed by atoms with Gasteiger partial charge in [-0.15, -0.1) is 0 Å². The molecule has 0 fully saturated rings. The average molecular weight is 284 g/mol. The van der Waals surface area contributed by atoms with Gasteiger partial charge in [0.25, 0.3) is 0 Å². The molecule has 88 valence electrons. The van der Waals surface area contributed by atoms with E-state index in [4.69, 9.17) is 5.11 Å². The minimum atomic E-state index is 0.281. The molecule has 2 N–H and O–H groups in total. The van der Waals surface area contributed by atoms with Crippen molar-refractivity contribution in [1.29, 1.82) is 0 Å². The summed E-state index contributed by atoms with van der Waals surface area (Å²) in [7, 11) is 0. The molecule has 3 heteroatoms. The smallest absolute Gasteiger partial charge is 0.0443 e. The Labute approximate surface area is 105 Å². The average Bonchev–Trinajstić information content (AvgIpc) is 2.29. The number of halogens is 1. The van der Waals surface area contributed by atoms with Gasteiger partial charge in [0.15, 0.2) is 0 Å². The van der Waals surface area contributed by atoms with E-state index in [-0.39, 0.29) is 6.61 Å². The summed E-state index contributed by atoms with van der Waals surface area (Å²) in [5, 5.41) is 12.2. The Balaban J connectivity index is 1.93. The van der Waals surface area contributed by atoms with Crippen molar-refractivity contribution in [3.8, 4) is 0 Å². The van der Waals surface area contributed by atoms with Crippen molar-refractivity contribution >= 4 is 15.9 Å². The summed E-state index contributed by atoms with van der Waals surface area (Å²) in [6.45, 7) is 1.20. The summed E-state index contributed by atoms with van der Waals surface area (Å²) in [6, 6.07) is 7.16. The minimum Gasteiger partial charge on any atom is -0.396 e. The molecule has 0 amide bonds. The van der Waals surface area contributed by atoms with E-state index in [1.54, 1.807) is 0 Å². The molecule has 1 unspecified atom stereocenters. The van der Waals surface area contributed by atoms with Crippen LogP contribution in [0.5, 0.6) is 0 Å². The molecule has 2 nitrogen and oxygen atoms in total. The van der Waals surface area contributed by atoms with E-state index in [2.05, 4.69) is 39.4 Å². The Hall–Kier alpha value is -0.380. The largest absolute Gasteiger partial charge is 0.396 e. The van der Waals surface area contributed by atoms with Crippen molar-refractivity contribution in [3.63, 3.8) is 0 Å². The van der Waals surface area contributed by atoms with E-state index in [1.807, 2.05) is 0 Å². The van der Waals surface area contributed by atoms with E-state index in [0.29, 0.717) is 6.04 Å². The van der Waals surface area contributed by atoms with Gasteiger partial charge in [0.1, 0.15) is 0 Å². The van der Waals surface area contributed by atoms with E-state index < -0.39 is 0 Å². The van der Waals surface area contributed by atoms with Crippen LogP contribution in [0, 0.1) is 0 Å². The second-order valence-corrected chi connectivity index (χ2v) is 5.30. The van der Waals surface area contributed by atoms with Gasteiger partial charge in [-0.3, -0.25) is 0 Å². The highest BCUT2D eigenvalue weighted by molar-refractivity contribution is 9.10. The lowest BCUT2D eigenvalue weighted by molar-refractivity contribution is 0.281. The molecule has 0 saturated carbocycles. The second-order valence-electron chi connectivity index (χ2n) is 4.38. The highest BCUT2D eigenvalue weighted by atomic mass is 79.9. The van der Waals surface area contributed by atoms with Crippen LogP contribution in [0.4, 0.5) is 0 Å². The first-order valence-electron chi connectivity index (χ1n) is 5.91. The zero-order valence-corrected chi connectivity index (χ0v) is 11.0. The number of hydrogen-bond donors (Lipinski definition) is 2. The minimum absolute atomic E-state index is 0.281. The Kier molecular flexibility index (Phi) is 4.38. The number of aliphatic hydroxyl groups excluding tert-OH is 1. The molecule has 1 aliphatic carbocycles. The molecule has 1 atom stereocenters. The Morgan fingerprint density at radius 2 is 2.25 bits per heavy atom. The fraction of sp³-hybridized carbons (Fsp3) is 0.538. The standard InChI is InChI=1S/C13H18BrNO/c14-12-4-2-11-9-13(15-6-1-7-16)5-3-10(11)8-12/h2,4,8,13,15-16H,1,3,5-7,9H2. The van der Waals surface area contributed by atoms with Crippen molar-refractivity contribution in [1.82, 2.24) is 5.32 Å². The van der Waals surface area contributed by atoms with Crippen LogP contribution in [0.1, 0.15) is 24.0 Å². The van der Waals surface area contributed by atoms with Gasteiger partial charge in [-0.2, -0.15) is 0 Å². The van der Waals surface area contributed by atoms with Gasteiger partial charge in [-0.1, -0.05) is 22.0 Å². The van der Waals surface area contributed by atoms with Gasteiger partial charge < -0.3 is 10.4 Å². The van der Waals surface area contributed by atoms with Crippen LogP contribution in [-0.2, 0) is 12.8 Å². The molecule has 1 aromatic rings. The monoisotopic (exact) mass is 283 g/mol. The summed E-state index contributed by atoms with van der Waals surface area (Å²) in [6.07, 6.45) is 4.33. The van der Waals surface area contributed by atoms with Crippen LogP contribution in [0.3, 0.4) is 0 Å². The maximum Gasteiger partial charge on any atom is 0.0443 e. The van der Waals surface area contributed by atoms with Gasteiger partial charge in [0, 0.05) is 17.1 Å². The fourth-order valence-corrected chi connectivity index (χ4v) is 2.69. The molecule has 0 aliphatic heterocycles. The molecule has 0 spiro atoms. The summed E-state index contributed by atoms with van der Waals surface area (Å²) in [4.78, 5) is 0. The molecule has 0 heterocycles. The third-order valence-electron chi connectivity index (χ3n) is 3.16. The van der Waals surface area contributed by atoms with Gasteiger partial charge in [0.2, 0.25) is 0 Å². The van der Waals surface area contributed by atoms with Crippen LogP contribution < -0.4 is 5.32 Å². The zero-order chi connectivity index (χ0) is 11.4. The van der Waals surface area contributed by atoms with Crippen LogP contribution in [0.15, 0.2) is 22.7 Å². The van der Waals surface area contributed by atoms with Crippen LogP contribution >= 0.6 is 15.9 Å². The first-order valence-corrected chi connectivity index (χ1v) is 6.70. The highest BCUT2D eigenvalue weighted by Crippen LogP contribution is 2.24. The van der Waals surface area contributed by atoms with Crippen LogP contribution in [-0.4, -0.2) is 24.3 Å². The van der Waals surface area contributed by atoms with Gasteiger partial charge in [-0.05, 0) is 55.5 Å². The van der Waals surface area contributed by atoms with Gasteiger partial charge in [-0.25, -0.2) is 0 Å². The molecule has 0 bridgehead atoms. The molecule has 0 saturated heterocycles. The highest BCUT2D eigenvalue weighted by Gasteiger charge is 2.17. The normalized spacial score (nSPS) is 19.5. The van der Waals surface area contributed by atoms with Gasteiger partial charge >= 0.3 is 0 Å². The number of hydrogen-bond acceptors (Lipinski definition) is 2. The number of nitrogens with one attached hydrogen (secondary N) is 1. The summed E-state index contributed by atoms with van der Waals surface area (Å²) in [5.41, 5.74) is 2.95. The Morgan fingerprint density at radius 1 is 1.38 bits per heavy atom. The quantitative estimate of drug-likeness (QED) is 0.831. The fourth-order valence-electron chi connectivity index (χ4n) is 2.28. The van der Waals surface area contributed by atoms with Crippen molar-refractivity contribution < 1.29 is 5.11 Å². The van der Waals surface area contributed by atoms with E-state index >= 15 is 0 Å². The van der Waals surface area contributed by atoms with Crippen molar-refractivity contribution in [2.45, 2.75) is 31.7 Å². The Morgan fingerprint density at radius 3 is 3.06 bits per heavy atom. The maximum absolute atomic E-state index is 8.74. The number of fused-ring (bicyclic) bond motifs is 1. The summed E-state index contributed by atoms with van der Waals surface area (Å²) < 4.78 is 1.18. The van der Waals surface area contributed by atoms with Crippen molar-refractivity contribution in [2.24, 2.45) is 0 Å². The molecule has 0 aromatic heterocycles. The number of benzene rings is 1. The third-order valence-corrected chi connectivity index (χ3v) is 3.66. The Bertz CT molecular complexity index is 354. The molecular formula is C13H18BrNO. The number of aliphatic hydroxyl groups is 1. The first-order chi connectivity index (χ1) is 7.79. The third kappa shape index (κ3) is 3.06. The predicted molar refractivity (Wildman–Crippen MR) is 69.7 cm³/mol. The first kappa shape index (κ1) is 12.1. The number of aryl methyl sites for hydroxylation is 1. The molecule has 0 radical (unpaired) electrons. The van der Waals surface area contributed by atoms with Gasteiger partial charge in [0.05, 0.1) is 0 Å². The van der Waals surface area contributed by atoms with Crippen LogP contribution in [0.2, 0.25) is 0 Å². The molecule has 2 rings (SSSR count). The lowest BCUT2D eigenvalue weighted by Crippen LogP contribution is -2.35. The SMILES string of the molecule is OCCCNC1CCc2cc(Br)ccc2C1. The molecule has 1 aliphatic rings. The molecule has 16 heavy (non-hydrogen) atoms. The van der Waals surface area contributed by atoms with Crippen LogP contribution in [0.25, 0.3) is 0 Å². The maximum atomic E-state index is 8.74. The van der Waals surface area contributed by atoms with E-state index in [1.165, 1.54) is 22.0 Å². The summed E-state index contributed by atoms with van der Waals surface area (Å²) >= 11 is 3.51. The lowest BCUT2D eigenvalue weighted by Gasteiger charge is -2.25. The zero-order valence-electron chi connectivity index (χ0n) is 9.38. The predicted octanol–water partition coefficient (Wildman–Crippen LogP) is 2.28. The van der Waals surface area contributed by atoms with E-state index in [9.17, 15) is 0 Å². The lowest BCUT2D eigenvalue weighted by atomic mass is 9.88. The summed E-state index contributed by atoms with van der Waals surface area (Å²) in [5.74, 6) is 0. The van der Waals surface area contributed by atoms with E-state index in [0.717, 1.165) is 25.8 Å². The molecular weight excluding hydrogens is 266 g/mol.